The van der Waals surface area contributed by atoms with Crippen molar-refractivity contribution in [2.45, 2.75) is 26.7 Å². The van der Waals surface area contributed by atoms with Gasteiger partial charge in [0.1, 0.15) is 0 Å². The van der Waals surface area contributed by atoms with Gasteiger partial charge >= 0.3 is 11.9 Å². The van der Waals surface area contributed by atoms with Crippen LogP contribution in [-0.2, 0) is 19.1 Å². The zero-order chi connectivity index (χ0) is 25.7. The molecule has 4 rings (SSSR count). The monoisotopic (exact) mass is 670 g/mol. The number of ether oxygens (including phenoxy) is 2. The Morgan fingerprint density at radius 1 is 0.639 bits per heavy atom. The SMILES string of the molecule is COC(=O)CCSC1=C(SCCC(=O)OC)SC(=CC=C2SC3=C(S2)SC(=C2SC(C)=C(C)S2)S3)S1. The highest BCUT2D eigenvalue weighted by Gasteiger charge is 2.33. The first-order chi connectivity index (χ1) is 17.4. The molecule has 0 spiro atoms. The molecule has 0 aromatic rings. The van der Waals surface area contributed by atoms with Gasteiger partial charge in [-0.05, 0) is 35.8 Å². The van der Waals surface area contributed by atoms with Gasteiger partial charge in [0.25, 0.3) is 0 Å². The molecule has 0 unspecified atom stereocenters. The maximum atomic E-state index is 11.5. The van der Waals surface area contributed by atoms with Crippen LogP contribution in [0, 0.1) is 0 Å². The van der Waals surface area contributed by atoms with Crippen LogP contribution in [0.4, 0.5) is 0 Å². The summed E-state index contributed by atoms with van der Waals surface area (Å²) in [6.07, 6.45) is 5.16. The summed E-state index contributed by atoms with van der Waals surface area (Å²) < 4.78 is 20.0. The van der Waals surface area contributed by atoms with Gasteiger partial charge in [0.2, 0.25) is 0 Å². The number of thioether (sulfide) groups is 10. The molecule has 4 aliphatic heterocycles. The van der Waals surface area contributed by atoms with E-state index in [-0.39, 0.29) is 11.9 Å². The maximum Gasteiger partial charge on any atom is 0.306 e. The van der Waals surface area contributed by atoms with Gasteiger partial charge in [-0.2, -0.15) is 0 Å². The van der Waals surface area contributed by atoms with Gasteiger partial charge in [-0.15, -0.1) is 23.5 Å². The quantitative estimate of drug-likeness (QED) is 0.219. The second-order valence-electron chi connectivity index (χ2n) is 6.97. The smallest absolute Gasteiger partial charge is 0.306 e. The van der Waals surface area contributed by atoms with Crippen molar-refractivity contribution in [1.82, 2.24) is 0 Å². The number of rotatable bonds is 9. The third-order valence-electron chi connectivity index (χ3n) is 4.52. The fourth-order valence-corrected chi connectivity index (χ4v) is 17.2. The van der Waals surface area contributed by atoms with Crippen LogP contribution < -0.4 is 0 Å². The summed E-state index contributed by atoms with van der Waals surface area (Å²) in [7, 11) is 2.83. The van der Waals surface area contributed by atoms with E-state index in [1.807, 2.05) is 70.6 Å². The number of carbonyl (C=O) groups excluding carboxylic acids is 2. The lowest BCUT2D eigenvalue weighted by Gasteiger charge is -2.05. The van der Waals surface area contributed by atoms with Crippen LogP contribution >= 0.6 is 118 Å². The van der Waals surface area contributed by atoms with E-state index in [0.29, 0.717) is 24.3 Å². The second-order valence-corrected chi connectivity index (χ2v) is 20.0. The minimum atomic E-state index is -0.198. The van der Waals surface area contributed by atoms with Crippen molar-refractivity contribution in [1.29, 1.82) is 0 Å². The lowest BCUT2D eigenvalue weighted by molar-refractivity contribution is -0.140. The molecular formula is C22H22O4S10. The molecule has 4 heterocycles. The minimum absolute atomic E-state index is 0.198. The molecule has 0 amide bonds. The minimum Gasteiger partial charge on any atom is -0.469 e. The molecule has 0 aromatic carbocycles. The Morgan fingerprint density at radius 3 is 1.47 bits per heavy atom. The van der Waals surface area contributed by atoms with E-state index >= 15 is 0 Å². The Hall–Kier alpha value is 0.880. The predicted octanol–water partition coefficient (Wildman–Crippen LogP) is 9.81. The van der Waals surface area contributed by atoms with Crippen LogP contribution in [0.2, 0.25) is 0 Å². The van der Waals surface area contributed by atoms with E-state index in [9.17, 15) is 9.59 Å². The number of allylic oxidation sites excluding steroid dienone is 4. The van der Waals surface area contributed by atoms with Gasteiger partial charge in [0.05, 0.1) is 61.0 Å². The van der Waals surface area contributed by atoms with Crippen LogP contribution in [0.3, 0.4) is 0 Å². The Morgan fingerprint density at radius 2 is 1.03 bits per heavy atom. The number of hydrogen-bond donors (Lipinski definition) is 0. The Bertz CT molecular complexity index is 1060. The first-order valence-electron chi connectivity index (χ1n) is 10.5. The largest absolute Gasteiger partial charge is 0.469 e. The van der Waals surface area contributed by atoms with E-state index in [4.69, 9.17) is 9.47 Å². The third kappa shape index (κ3) is 8.20. The van der Waals surface area contributed by atoms with Crippen molar-refractivity contribution < 1.29 is 19.1 Å². The van der Waals surface area contributed by atoms with E-state index in [1.54, 1.807) is 47.0 Å². The molecular weight excluding hydrogens is 649 g/mol. The number of esters is 2. The molecule has 36 heavy (non-hydrogen) atoms. The molecule has 0 N–H and O–H groups in total. The zero-order valence-corrected chi connectivity index (χ0v) is 27.9. The summed E-state index contributed by atoms with van der Waals surface area (Å²) in [5.74, 6) is 0.947. The third-order valence-corrected chi connectivity index (χ3v) is 18.6. The number of carbonyl (C=O) groups is 2. The molecule has 194 valence electrons. The van der Waals surface area contributed by atoms with Crippen molar-refractivity contribution in [2.75, 3.05) is 25.7 Å². The average molecular weight is 671 g/mol. The maximum absolute atomic E-state index is 11.5. The standard InChI is InChI=1S/C22H22O4S10/c1-11-12(2)30-19(29-11)22-35-20-21(36-22)34-16(33-20)6-5-15-31-17(27-9-7-13(23)25-3)18(32-15)28-10-8-14(24)26-4/h5-6H,7-10H2,1-4H3. The normalized spacial score (nSPS) is 19.7. The summed E-state index contributed by atoms with van der Waals surface area (Å²) in [5.41, 5.74) is 0. The summed E-state index contributed by atoms with van der Waals surface area (Å²) in [4.78, 5) is 25.8. The number of hydrogen-bond acceptors (Lipinski definition) is 14. The Balaban J connectivity index is 1.32. The van der Waals surface area contributed by atoms with Crippen molar-refractivity contribution in [3.8, 4) is 0 Å². The summed E-state index contributed by atoms with van der Waals surface area (Å²) >= 11 is 18.2. The molecule has 0 saturated carbocycles. The van der Waals surface area contributed by atoms with Crippen molar-refractivity contribution in [2.24, 2.45) is 0 Å². The first kappa shape index (κ1) is 29.9. The van der Waals surface area contributed by atoms with Gasteiger partial charge in [0, 0.05) is 11.5 Å². The van der Waals surface area contributed by atoms with Crippen LogP contribution in [-0.4, -0.2) is 37.7 Å². The molecule has 4 nitrogen and oxygen atoms in total. The van der Waals surface area contributed by atoms with Gasteiger partial charge < -0.3 is 9.47 Å². The first-order valence-corrected chi connectivity index (χ1v) is 19.0. The highest BCUT2D eigenvalue weighted by molar-refractivity contribution is 8.49. The fourth-order valence-electron chi connectivity index (χ4n) is 2.60. The number of methoxy groups -OCH3 is 2. The molecule has 0 aromatic heterocycles. The van der Waals surface area contributed by atoms with Crippen LogP contribution in [0.5, 0.6) is 0 Å². The average Bonchev–Trinajstić information content (AvgIpc) is 3.61. The summed E-state index contributed by atoms with van der Waals surface area (Å²) in [6.45, 7) is 4.40. The predicted molar refractivity (Wildman–Crippen MR) is 175 cm³/mol. The highest BCUT2D eigenvalue weighted by Crippen LogP contribution is 2.69. The van der Waals surface area contributed by atoms with Crippen molar-refractivity contribution >= 4 is 130 Å². The van der Waals surface area contributed by atoms with Crippen LogP contribution in [0.1, 0.15) is 26.7 Å². The molecule has 0 radical (unpaired) electrons. The topological polar surface area (TPSA) is 52.6 Å². The van der Waals surface area contributed by atoms with Crippen LogP contribution in [0.25, 0.3) is 0 Å². The molecule has 0 saturated heterocycles. The zero-order valence-electron chi connectivity index (χ0n) is 19.7. The Kier molecular flexibility index (Phi) is 12.0. The Labute approximate surface area is 254 Å². The molecule has 14 heteroatoms. The van der Waals surface area contributed by atoms with Crippen LogP contribution in [0.15, 0.2) is 55.9 Å². The lowest BCUT2D eigenvalue weighted by atomic mass is 10.5. The van der Waals surface area contributed by atoms with E-state index < -0.39 is 0 Å². The van der Waals surface area contributed by atoms with E-state index in [0.717, 1.165) is 0 Å². The molecule has 0 fully saturated rings. The summed E-state index contributed by atoms with van der Waals surface area (Å²) in [5, 5.41) is 0. The van der Waals surface area contributed by atoms with Crippen molar-refractivity contribution in [3.63, 3.8) is 0 Å². The highest BCUT2D eigenvalue weighted by atomic mass is 32.3. The molecule has 4 aliphatic rings. The fraction of sp³-hybridized carbons (Fsp3) is 0.364. The molecule has 0 aliphatic carbocycles. The molecule has 0 bridgehead atoms. The van der Waals surface area contributed by atoms with Gasteiger partial charge in [-0.25, -0.2) is 0 Å². The molecule has 0 atom stereocenters. The van der Waals surface area contributed by atoms with Gasteiger partial charge in [-0.1, -0.05) is 94.1 Å². The summed E-state index contributed by atoms with van der Waals surface area (Å²) in [6, 6.07) is 0. The second kappa shape index (κ2) is 14.5. The van der Waals surface area contributed by atoms with Crippen molar-refractivity contribution in [3.05, 3.63) is 55.9 Å². The van der Waals surface area contributed by atoms with Gasteiger partial charge in [-0.3, -0.25) is 9.59 Å². The van der Waals surface area contributed by atoms with E-state index in [1.165, 1.54) is 57.9 Å². The van der Waals surface area contributed by atoms with E-state index in [2.05, 4.69) is 26.0 Å². The lowest BCUT2D eigenvalue weighted by Crippen LogP contribution is -2.01. The van der Waals surface area contributed by atoms with Gasteiger partial charge in [0.15, 0.2) is 0 Å².